The van der Waals surface area contributed by atoms with Crippen LogP contribution in [-0.4, -0.2) is 13.2 Å². The van der Waals surface area contributed by atoms with E-state index >= 15 is 0 Å². The molecule has 1 unspecified atom stereocenters. The van der Waals surface area contributed by atoms with Crippen LogP contribution < -0.4 is 15.2 Å². The standard InChI is InChI=1S/C18H23NO2/c1-13-6-4-5-7-16(13)12-21-17-9-8-15(10-14(2)19)11-18(17)20-3/h4-9,11,14H,10,12,19H2,1-3H3. The van der Waals surface area contributed by atoms with Gasteiger partial charge >= 0.3 is 0 Å². The molecule has 0 aliphatic carbocycles. The molecule has 0 amide bonds. The van der Waals surface area contributed by atoms with Crippen LogP contribution in [-0.2, 0) is 13.0 Å². The molecule has 0 saturated carbocycles. The van der Waals surface area contributed by atoms with Crippen LogP contribution in [0.3, 0.4) is 0 Å². The Bertz CT molecular complexity index is 594. The Morgan fingerprint density at radius 1 is 1.10 bits per heavy atom. The molecule has 0 spiro atoms. The quantitative estimate of drug-likeness (QED) is 0.884. The van der Waals surface area contributed by atoms with Crippen molar-refractivity contribution in [2.24, 2.45) is 5.73 Å². The van der Waals surface area contributed by atoms with Crippen LogP contribution in [0.1, 0.15) is 23.6 Å². The van der Waals surface area contributed by atoms with Gasteiger partial charge in [0.15, 0.2) is 11.5 Å². The van der Waals surface area contributed by atoms with Crippen molar-refractivity contribution >= 4 is 0 Å². The van der Waals surface area contributed by atoms with Crippen molar-refractivity contribution in [1.82, 2.24) is 0 Å². The lowest BCUT2D eigenvalue weighted by molar-refractivity contribution is 0.283. The number of rotatable bonds is 6. The van der Waals surface area contributed by atoms with Gasteiger partial charge in [-0.2, -0.15) is 0 Å². The molecule has 1 atom stereocenters. The Hall–Kier alpha value is -2.00. The maximum Gasteiger partial charge on any atom is 0.161 e. The largest absolute Gasteiger partial charge is 0.493 e. The fourth-order valence-corrected chi connectivity index (χ4v) is 2.26. The average Bonchev–Trinajstić information content (AvgIpc) is 2.46. The first-order valence-corrected chi connectivity index (χ1v) is 7.20. The minimum Gasteiger partial charge on any atom is -0.493 e. The second-order valence-electron chi connectivity index (χ2n) is 5.38. The predicted molar refractivity (Wildman–Crippen MR) is 85.9 cm³/mol. The number of ether oxygens (including phenoxy) is 2. The average molecular weight is 285 g/mol. The zero-order valence-electron chi connectivity index (χ0n) is 12.9. The SMILES string of the molecule is COc1cc(CC(C)N)ccc1OCc1ccccc1C. The summed E-state index contributed by atoms with van der Waals surface area (Å²) < 4.78 is 11.3. The first-order chi connectivity index (χ1) is 10.1. The van der Waals surface area contributed by atoms with Crippen LogP contribution >= 0.6 is 0 Å². The van der Waals surface area contributed by atoms with Gasteiger partial charge in [-0.05, 0) is 49.1 Å². The molecule has 2 aromatic rings. The zero-order chi connectivity index (χ0) is 15.2. The molecule has 0 aliphatic rings. The fraction of sp³-hybridized carbons (Fsp3) is 0.333. The third-order valence-corrected chi connectivity index (χ3v) is 3.43. The number of methoxy groups -OCH3 is 1. The lowest BCUT2D eigenvalue weighted by Gasteiger charge is -2.14. The highest BCUT2D eigenvalue weighted by Crippen LogP contribution is 2.29. The van der Waals surface area contributed by atoms with Gasteiger partial charge in [0.2, 0.25) is 0 Å². The maximum atomic E-state index is 5.90. The number of aryl methyl sites for hydroxylation is 1. The van der Waals surface area contributed by atoms with E-state index in [0.717, 1.165) is 23.5 Å². The monoisotopic (exact) mass is 285 g/mol. The van der Waals surface area contributed by atoms with Gasteiger partial charge in [-0.25, -0.2) is 0 Å². The maximum absolute atomic E-state index is 5.90. The van der Waals surface area contributed by atoms with Crippen molar-refractivity contribution in [2.75, 3.05) is 7.11 Å². The van der Waals surface area contributed by atoms with Gasteiger partial charge < -0.3 is 15.2 Å². The highest BCUT2D eigenvalue weighted by Gasteiger charge is 2.08. The molecular weight excluding hydrogens is 262 g/mol. The normalized spacial score (nSPS) is 12.0. The first kappa shape index (κ1) is 15.4. The summed E-state index contributed by atoms with van der Waals surface area (Å²) in [6.07, 6.45) is 0.828. The van der Waals surface area contributed by atoms with Crippen LogP contribution in [0.25, 0.3) is 0 Å². The molecule has 0 fully saturated rings. The first-order valence-electron chi connectivity index (χ1n) is 7.20. The van der Waals surface area contributed by atoms with Crippen LogP contribution in [0.2, 0.25) is 0 Å². The number of nitrogens with two attached hydrogens (primary N) is 1. The topological polar surface area (TPSA) is 44.5 Å². The Morgan fingerprint density at radius 3 is 2.52 bits per heavy atom. The molecule has 0 aliphatic heterocycles. The second-order valence-corrected chi connectivity index (χ2v) is 5.38. The molecular formula is C18H23NO2. The van der Waals surface area contributed by atoms with E-state index in [1.165, 1.54) is 11.1 Å². The molecule has 0 aromatic heterocycles. The number of benzene rings is 2. The molecule has 21 heavy (non-hydrogen) atoms. The summed E-state index contributed by atoms with van der Waals surface area (Å²) in [7, 11) is 1.66. The predicted octanol–water partition coefficient (Wildman–Crippen LogP) is 3.47. The van der Waals surface area contributed by atoms with E-state index in [0.29, 0.717) is 6.61 Å². The van der Waals surface area contributed by atoms with E-state index in [9.17, 15) is 0 Å². The summed E-state index contributed by atoms with van der Waals surface area (Å²) in [4.78, 5) is 0. The molecule has 2 rings (SSSR count). The van der Waals surface area contributed by atoms with Crippen molar-refractivity contribution in [3.8, 4) is 11.5 Å². The third-order valence-electron chi connectivity index (χ3n) is 3.43. The molecule has 0 bridgehead atoms. The van der Waals surface area contributed by atoms with Gasteiger partial charge in [-0.3, -0.25) is 0 Å². The van der Waals surface area contributed by atoms with Crippen molar-refractivity contribution in [1.29, 1.82) is 0 Å². The van der Waals surface area contributed by atoms with Crippen LogP contribution in [0.4, 0.5) is 0 Å². The molecule has 3 heteroatoms. The fourth-order valence-electron chi connectivity index (χ4n) is 2.26. The van der Waals surface area contributed by atoms with E-state index in [1.54, 1.807) is 7.11 Å². The van der Waals surface area contributed by atoms with E-state index in [-0.39, 0.29) is 6.04 Å². The van der Waals surface area contributed by atoms with Crippen LogP contribution in [0.5, 0.6) is 11.5 Å². The van der Waals surface area contributed by atoms with E-state index < -0.39 is 0 Å². The van der Waals surface area contributed by atoms with Gasteiger partial charge in [0, 0.05) is 6.04 Å². The van der Waals surface area contributed by atoms with Gasteiger partial charge in [-0.1, -0.05) is 30.3 Å². The summed E-state index contributed by atoms with van der Waals surface area (Å²) in [5.74, 6) is 1.51. The Balaban J connectivity index is 2.11. The zero-order valence-corrected chi connectivity index (χ0v) is 12.9. The van der Waals surface area contributed by atoms with Crippen molar-refractivity contribution < 1.29 is 9.47 Å². The van der Waals surface area contributed by atoms with Crippen molar-refractivity contribution in [2.45, 2.75) is 32.9 Å². The summed E-state index contributed by atoms with van der Waals surface area (Å²) in [5.41, 5.74) is 9.40. The van der Waals surface area contributed by atoms with E-state index in [2.05, 4.69) is 19.1 Å². The lowest BCUT2D eigenvalue weighted by atomic mass is 10.1. The van der Waals surface area contributed by atoms with Gasteiger partial charge in [-0.15, -0.1) is 0 Å². The van der Waals surface area contributed by atoms with Crippen LogP contribution in [0.15, 0.2) is 42.5 Å². The summed E-state index contributed by atoms with van der Waals surface area (Å²) >= 11 is 0. The smallest absolute Gasteiger partial charge is 0.161 e. The number of hydrogen-bond acceptors (Lipinski definition) is 3. The van der Waals surface area contributed by atoms with Crippen molar-refractivity contribution in [3.63, 3.8) is 0 Å². The molecule has 2 aromatic carbocycles. The Kier molecular flexibility index (Phi) is 5.23. The highest BCUT2D eigenvalue weighted by atomic mass is 16.5. The van der Waals surface area contributed by atoms with Gasteiger partial charge in [0.1, 0.15) is 6.61 Å². The van der Waals surface area contributed by atoms with Crippen LogP contribution in [0, 0.1) is 6.92 Å². The second kappa shape index (κ2) is 7.14. The summed E-state index contributed by atoms with van der Waals surface area (Å²) in [6.45, 7) is 4.62. The van der Waals surface area contributed by atoms with E-state index in [4.69, 9.17) is 15.2 Å². The molecule has 0 radical (unpaired) electrons. The van der Waals surface area contributed by atoms with E-state index in [1.807, 2.05) is 37.3 Å². The molecule has 0 heterocycles. The molecule has 2 N–H and O–H groups in total. The minimum atomic E-state index is 0.133. The Labute approximate surface area is 126 Å². The molecule has 0 saturated heterocycles. The lowest BCUT2D eigenvalue weighted by Crippen LogP contribution is -2.17. The summed E-state index contributed by atoms with van der Waals surface area (Å²) in [5, 5.41) is 0. The molecule has 112 valence electrons. The minimum absolute atomic E-state index is 0.133. The number of hydrogen-bond donors (Lipinski definition) is 1. The third kappa shape index (κ3) is 4.23. The summed E-state index contributed by atoms with van der Waals surface area (Å²) in [6, 6.07) is 14.3. The van der Waals surface area contributed by atoms with Gasteiger partial charge in [0.05, 0.1) is 7.11 Å². The van der Waals surface area contributed by atoms with Crippen molar-refractivity contribution in [3.05, 3.63) is 59.2 Å². The highest BCUT2D eigenvalue weighted by molar-refractivity contribution is 5.43. The Morgan fingerprint density at radius 2 is 1.86 bits per heavy atom. The van der Waals surface area contributed by atoms with Gasteiger partial charge in [0.25, 0.3) is 0 Å². The molecule has 3 nitrogen and oxygen atoms in total.